The van der Waals surface area contributed by atoms with E-state index in [9.17, 15) is 0 Å². The number of aliphatic hydroxyl groups excluding tert-OH is 1. The highest BCUT2D eigenvalue weighted by atomic mass is 32.2. The van der Waals surface area contributed by atoms with Gasteiger partial charge in [-0.05, 0) is 29.4 Å². The van der Waals surface area contributed by atoms with Crippen LogP contribution in [0.25, 0.3) is 0 Å². The summed E-state index contributed by atoms with van der Waals surface area (Å²) in [5.74, 6) is 1.09. The molecule has 0 fully saturated rings. The maximum Gasteiger partial charge on any atom is 0.0685 e. The second kappa shape index (κ2) is 3.70. The first-order valence-electron chi connectivity index (χ1n) is 4.44. The van der Waals surface area contributed by atoms with Crippen molar-refractivity contribution >= 4 is 11.8 Å². The Bertz CT molecular complexity index is 300. The van der Waals surface area contributed by atoms with Crippen LogP contribution in [-0.2, 0) is 6.61 Å². The Morgan fingerprint density at radius 3 is 3.15 bits per heavy atom. The minimum Gasteiger partial charge on any atom is -0.392 e. The Labute approximate surface area is 82.1 Å². The van der Waals surface area contributed by atoms with Crippen LogP contribution in [0.2, 0.25) is 0 Å². The molecule has 0 radical (unpaired) electrons. The highest BCUT2D eigenvalue weighted by molar-refractivity contribution is 7.99. The van der Waals surface area contributed by atoms with E-state index in [1.165, 1.54) is 4.90 Å². The molecule has 2 nitrogen and oxygen atoms in total. The molecule has 0 aromatic heterocycles. The van der Waals surface area contributed by atoms with Crippen LogP contribution in [0.15, 0.2) is 23.1 Å². The standard InChI is InChI=1S/C10H13NOS/c11-8-4-5-13-9-3-1-2-7(6-12)10(8)9/h1-3,8,12H,4-6,11H2. The quantitative estimate of drug-likeness (QED) is 0.716. The Morgan fingerprint density at radius 2 is 2.38 bits per heavy atom. The number of benzene rings is 1. The zero-order valence-electron chi connectivity index (χ0n) is 7.36. The van der Waals surface area contributed by atoms with E-state index in [-0.39, 0.29) is 12.6 Å². The summed E-state index contributed by atoms with van der Waals surface area (Å²) < 4.78 is 0. The minimum absolute atomic E-state index is 0.0947. The van der Waals surface area contributed by atoms with Crippen LogP contribution >= 0.6 is 11.8 Å². The van der Waals surface area contributed by atoms with Gasteiger partial charge in [0, 0.05) is 10.9 Å². The van der Waals surface area contributed by atoms with E-state index in [0.717, 1.165) is 23.3 Å². The molecule has 1 unspecified atom stereocenters. The van der Waals surface area contributed by atoms with Gasteiger partial charge in [0.25, 0.3) is 0 Å². The lowest BCUT2D eigenvalue weighted by atomic mass is 9.99. The Hall–Kier alpha value is -0.510. The fraction of sp³-hybridized carbons (Fsp3) is 0.400. The third-order valence-corrected chi connectivity index (χ3v) is 3.49. The number of nitrogens with two attached hydrogens (primary N) is 1. The molecule has 2 rings (SSSR count). The summed E-state index contributed by atoms with van der Waals surface area (Å²) in [5.41, 5.74) is 8.14. The minimum atomic E-state index is 0.0947. The van der Waals surface area contributed by atoms with E-state index in [4.69, 9.17) is 10.8 Å². The van der Waals surface area contributed by atoms with Crippen LogP contribution in [0, 0.1) is 0 Å². The first-order chi connectivity index (χ1) is 6.33. The van der Waals surface area contributed by atoms with Gasteiger partial charge >= 0.3 is 0 Å². The summed E-state index contributed by atoms with van der Waals surface area (Å²) >= 11 is 1.83. The van der Waals surface area contributed by atoms with Crippen LogP contribution in [0.3, 0.4) is 0 Å². The van der Waals surface area contributed by atoms with E-state index >= 15 is 0 Å². The summed E-state index contributed by atoms with van der Waals surface area (Å²) in [6.07, 6.45) is 1.01. The van der Waals surface area contributed by atoms with Gasteiger partial charge in [0.15, 0.2) is 0 Å². The van der Waals surface area contributed by atoms with E-state index in [0.29, 0.717) is 0 Å². The summed E-state index contributed by atoms with van der Waals surface area (Å²) in [6.45, 7) is 0.0947. The molecule has 3 N–H and O–H groups in total. The average Bonchev–Trinajstić information content (AvgIpc) is 2.17. The fourth-order valence-corrected chi connectivity index (χ4v) is 2.92. The van der Waals surface area contributed by atoms with Gasteiger partial charge in [-0.3, -0.25) is 0 Å². The topological polar surface area (TPSA) is 46.2 Å². The van der Waals surface area contributed by atoms with Crippen molar-refractivity contribution in [2.75, 3.05) is 5.75 Å². The molecular weight excluding hydrogens is 182 g/mol. The van der Waals surface area contributed by atoms with Gasteiger partial charge in [0.2, 0.25) is 0 Å². The summed E-state index contributed by atoms with van der Waals surface area (Å²) in [4.78, 5) is 1.24. The lowest BCUT2D eigenvalue weighted by Gasteiger charge is -2.23. The van der Waals surface area contributed by atoms with Crippen molar-refractivity contribution in [3.8, 4) is 0 Å². The second-order valence-corrected chi connectivity index (χ2v) is 4.37. The molecule has 1 aliphatic rings. The molecule has 1 aromatic rings. The van der Waals surface area contributed by atoms with Crippen molar-refractivity contribution < 1.29 is 5.11 Å². The normalized spacial score (nSPS) is 21.2. The number of aliphatic hydroxyl groups is 1. The molecule has 1 atom stereocenters. The molecule has 0 amide bonds. The van der Waals surface area contributed by atoms with Crippen molar-refractivity contribution in [2.45, 2.75) is 24.0 Å². The maximum absolute atomic E-state index is 9.15. The Kier molecular flexibility index (Phi) is 2.58. The van der Waals surface area contributed by atoms with Crippen LogP contribution in [0.4, 0.5) is 0 Å². The molecule has 0 bridgehead atoms. The third kappa shape index (κ3) is 1.59. The molecule has 3 heteroatoms. The molecule has 70 valence electrons. The molecule has 0 aliphatic carbocycles. The van der Waals surface area contributed by atoms with Crippen molar-refractivity contribution in [3.63, 3.8) is 0 Å². The highest BCUT2D eigenvalue weighted by Gasteiger charge is 2.19. The molecule has 0 spiro atoms. The van der Waals surface area contributed by atoms with Crippen LogP contribution in [-0.4, -0.2) is 10.9 Å². The van der Waals surface area contributed by atoms with Crippen molar-refractivity contribution in [3.05, 3.63) is 29.3 Å². The van der Waals surface area contributed by atoms with Gasteiger partial charge in [-0.25, -0.2) is 0 Å². The number of hydrogen-bond donors (Lipinski definition) is 2. The van der Waals surface area contributed by atoms with Gasteiger partial charge < -0.3 is 10.8 Å². The maximum atomic E-state index is 9.15. The number of hydrogen-bond acceptors (Lipinski definition) is 3. The van der Waals surface area contributed by atoms with Gasteiger partial charge in [-0.2, -0.15) is 0 Å². The van der Waals surface area contributed by atoms with Crippen LogP contribution < -0.4 is 5.73 Å². The van der Waals surface area contributed by atoms with Gasteiger partial charge in [0.05, 0.1) is 6.61 Å². The van der Waals surface area contributed by atoms with Gasteiger partial charge in [-0.15, -0.1) is 11.8 Å². The highest BCUT2D eigenvalue weighted by Crippen LogP contribution is 2.36. The van der Waals surface area contributed by atoms with Gasteiger partial charge in [-0.1, -0.05) is 12.1 Å². The number of thioether (sulfide) groups is 1. The zero-order valence-corrected chi connectivity index (χ0v) is 8.18. The molecular formula is C10H13NOS. The second-order valence-electron chi connectivity index (χ2n) is 3.23. The van der Waals surface area contributed by atoms with Crippen molar-refractivity contribution in [2.24, 2.45) is 5.73 Å². The number of fused-ring (bicyclic) bond motifs is 1. The van der Waals surface area contributed by atoms with E-state index in [1.54, 1.807) is 0 Å². The predicted molar refractivity (Wildman–Crippen MR) is 54.6 cm³/mol. The van der Waals surface area contributed by atoms with E-state index in [1.807, 2.05) is 23.9 Å². The Balaban J connectivity index is 2.50. The smallest absolute Gasteiger partial charge is 0.0685 e. The third-order valence-electron chi connectivity index (χ3n) is 2.38. The van der Waals surface area contributed by atoms with Crippen molar-refractivity contribution in [1.82, 2.24) is 0 Å². The molecule has 1 aromatic carbocycles. The monoisotopic (exact) mass is 195 g/mol. The molecule has 1 aliphatic heterocycles. The predicted octanol–water partition coefficient (Wildman–Crippen LogP) is 1.67. The lowest BCUT2D eigenvalue weighted by Crippen LogP contribution is -2.18. The largest absolute Gasteiger partial charge is 0.392 e. The molecule has 0 saturated heterocycles. The Morgan fingerprint density at radius 1 is 1.54 bits per heavy atom. The first-order valence-corrected chi connectivity index (χ1v) is 5.42. The van der Waals surface area contributed by atoms with Gasteiger partial charge in [0.1, 0.15) is 0 Å². The fourth-order valence-electron chi connectivity index (χ4n) is 1.71. The van der Waals surface area contributed by atoms with Crippen LogP contribution in [0.1, 0.15) is 23.6 Å². The molecule has 13 heavy (non-hydrogen) atoms. The average molecular weight is 195 g/mol. The zero-order chi connectivity index (χ0) is 9.26. The van der Waals surface area contributed by atoms with Crippen molar-refractivity contribution in [1.29, 1.82) is 0 Å². The van der Waals surface area contributed by atoms with E-state index in [2.05, 4.69) is 6.07 Å². The SMILES string of the molecule is NC1CCSc2cccc(CO)c21. The van der Waals surface area contributed by atoms with Crippen LogP contribution in [0.5, 0.6) is 0 Å². The number of rotatable bonds is 1. The first kappa shape index (κ1) is 9.06. The summed E-state index contributed by atoms with van der Waals surface area (Å²) in [6, 6.07) is 6.12. The molecule has 1 heterocycles. The molecule has 0 saturated carbocycles. The summed E-state index contributed by atoms with van der Waals surface area (Å²) in [5, 5.41) is 9.15. The van der Waals surface area contributed by atoms with E-state index < -0.39 is 0 Å². The summed E-state index contributed by atoms with van der Waals surface area (Å²) in [7, 11) is 0. The lowest BCUT2D eigenvalue weighted by molar-refractivity contribution is 0.279.